The lowest BCUT2D eigenvalue weighted by Gasteiger charge is -2.23. The molecular weight excluding hydrogens is 536 g/mol. The molecule has 0 saturated heterocycles. The number of carboxylic acid groups (broad SMARTS) is 1. The van der Waals surface area contributed by atoms with Gasteiger partial charge in [0, 0.05) is 29.1 Å². The lowest BCUT2D eigenvalue weighted by molar-refractivity contribution is 0.201. The fraction of sp³-hybridized carbons (Fsp3) is 0.333. The van der Waals surface area contributed by atoms with Gasteiger partial charge in [0.2, 0.25) is 0 Å². The highest BCUT2D eigenvalue weighted by atomic mass is 32.2. The largest absolute Gasteiger partial charge is 0.493 e. The van der Waals surface area contributed by atoms with Crippen LogP contribution in [0, 0.1) is 13.8 Å². The van der Waals surface area contributed by atoms with Crippen LogP contribution in [0.15, 0.2) is 65.7 Å². The summed E-state index contributed by atoms with van der Waals surface area (Å²) in [6.45, 7) is 10.9. The molecule has 3 aromatic carbocycles. The zero-order valence-corrected chi connectivity index (χ0v) is 25.6. The van der Waals surface area contributed by atoms with Gasteiger partial charge in [0.05, 0.1) is 25.4 Å². The molecule has 0 radical (unpaired) electrons. The predicted molar refractivity (Wildman–Crippen MR) is 167 cm³/mol. The van der Waals surface area contributed by atoms with Crippen molar-refractivity contribution in [3.63, 3.8) is 0 Å². The van der Waals surface area contributed by atoms with Crippen LogP contribution >= 0.6 is 11.8 Å². The molecule has 216 valence electrons. The zero-order valence-electron chi connectivity index (χ0n) is 24.8. The van der Waals surface area contributed by atoms with Gasteiger partial charge in [-0.1, -0.05) is 32.9 Å². The van der Waals surface area contributed by atoms with Crippen LogP contribution in [0.5, 0.6) is 23.0 Å². The van der Waals surface area contributed by atoms with Gasteiger partial charge in [0.15, 0.2) is 11.5 Å². The normalized spacial score (nSPS) is 11.4. The molecule has 0 saturated carbocycles. The number of amides is 1. The van der Waals surface area contributed by atoms with Crippen LogP contribution in [0.1, 0.15) is 43.9 Å². The van der Waals surface area contributed by atoms with E-state index in [1.165, 1.54) is 15.4 Å². The molecule has 1 N–H and O–H groups in total. The first-order chi connectivity index (χ1) is 19.5. The summed E-state index contributed by atoms with van der Waals surface area (Å²) in [5.74, 6) is 3.26. The van der Waals surface area contributed by atoms with Crippen molar-refractivity contribution < 1.29 is 24.1 Å². The molecule has 0 unspecified atom stereocenters. The summed E-state index contributed by atoms with van der Waals surface area (Å²) in [7, 11) is 3.17. The number of nitrogens with zero attached hydrogens (tertiary/aromatic N) is 2. The van der Waals surface area contributed by atoms with Crippen LogP contribution in [0.3, 0.4) is 0 Å². The number of benzene rings is 3. The molecule has 0 atom stereocenters. The smallest absolute Gasteiger partial charge is 0.411 e. The number of carbonyl (C=O) groups is 1. The number of anilines is 1. The van der Waals surface area contributed by atoms with Gasteiger partial charge in [-0.05, 0) is 84.5 Å². The van der Waals surface area contributed by atoms with Crippen LogP contribution in [0.4, 0.5) is 10.5 Å². The molecule has 4 aromatic rings. The third-order valence-electron chi connectivity index (χ3n) is 7.17. The molecule has 8 heteroatoms. The Morgan fingerprint density at radius 3 is 2.22 bits per heavy atom. The van der Waals surface area contributed by atoms with E-state index in [-0.39, 0.29) is 5.41 Å². The van der Waals surface area contributed by atoms with Gasteiger partial charge in [-0.15, -0.1) is 11.8 Å². The third kappa shape index (κ3) is 6.88. The Kier molecular flexibility index (Phi) is 9.33. The molecule has 4 rings (SSSR count). The summed E-state index contributed by atoms with van der Waals surface area (Å²) in [4.78, 5) is 19.3. The van der Waals surface area contributed by atoms with E-state index in [1.807, 2.05) is 38.1 Å². The number of fused-ring (bicyclic) bond motifs is 1. The fourth-order valence-corrected chi connectivity index (χ4v) is 5.46. The van der Waals surface area contributed by atoms with E-state index in [1.54, 1.807) is 38.2 Å². The molecule has 0 aliphatic heterocycles. The number of hydrogen-bond acceptors (Lipinski definition) is 6. The van der Waals surface area contributed by atoms with Crippen LogP contribution in [0.2, 0.25) is 0 Å². The molecule has 1 amide bonds. The number of ether oxygens (including phenoxy) is 3. The number of hydrogen-bond donors (Lipinski definition) is 1. The molecule has 0 aliphatic rings. The van der Waals surface area contributed by atoms with Crippen molar-refractivity contribution in [2.75, 3.05) is 31.4 Å². The second-order valence-corrected chi connectivity index (χ2v) is 12.0. The highest BCUT2D eigenvalue weighted by Crippen LogP contribution is 2.39. The lowest BCUT2D eigenvalue weighted by Crippen LogP contribution is -2.31. The monoisotopic (exact) mass is 574 g/mol. The number of thioether (sulfide) groups is 1. The first-order valence-corrected chi connectivity index (χ1v) is 14.5. The Morgan fingerprint density at radius 1 is 0.902 bits per heavy atom. The van der Waals surface area contributed by atoms with Gasteiger partial charge in [0.1, 0.15) is 11.5 Å². The third-order valence-corrected chi connectivity index (χ3v) is 8.27. The van der Waals surface area contributed by atoms with Crippen LogP contribution in [-0.4, -0.2) is 42.7 Å². The Balaban J connectivity index is 1.48. The van der Waals surface area contributed by atoms with Crippen LogP contribution in [0.25, 0.3) is 10.9 Å². The first-order valence-electron chi connectivity index (χ1n) is 13.6. The molecule has 7 nitrogen and oxygen atoms in total. The minimum absolute atomic E-state index is 0.121. The van der Waals surface area contributed by atoms with E-state index in [4.69, 9.17) is 14.2 Å². The van der Waals surface area contributed by atoms with Crippen molar-refractivity contribution in [3.05, 3.63) is 77.5 Å². The minimum atomic E-state index is -0.970. The fourth-order valence-electron chi connectivity index (χ4n) is 4.62. The van der Waals surface area contributed by atoms with E-state index >= 15 is 0 Å². The Labute approximate surface area is 246 Å². The van der Waals surface area contributed by atoms with Gasteiger partial charge < -0.3 is 19.3 Å². The highest BCUT2D eigenvalue weighted by Gasteiger charge is 2.20. The second-order valence-electron chi connectivity index (χ2n) is 10.9. The average Bonchev–Trinajstić information content (AvgIpc) is 2.95. The maximum Gasteiger partial charge on any atom is 0.411 e. The average molecular weight is 575 g/mol. The molecule has 0 bridgehead atoms. The van der Waals surface area contributed by atoms with Gasteiger partial charge in [-0.2, -0.15) is 0 Å². The Morgan fingerprint density at radius 2 is 1.59 bits per heavy atom. The topological polar surface area (TPSA) is 81.1 Å². The Bertz CT molecular complexity index is 1530. The minimum Gasteiger partial charge on any atom is -0.493 e. The van der Waals surface area contributed by atoms with Gasteiger partial charge >= 0.3 is 6.09 Å². The van der Waals surface area contributed by atoms with Gasteiger partial charge in [-0.25, -0.2) is 4.79 Å². The lowest BCUT2D eigenvalue weighted by atomic mass is 9.87. The molecule has 1 aromatic heterocycles. The van der Waals surface area contributed by atoms with E-state index in [9.17, 15) is 9.90 Å². The predicted octanol–water partition coefficient (Wildman–Crippen LogP) is 8.63. The van der Waals surface area contributed by atoms with Crippen molar-refractivity contribution in [2.24, 2.45) is 0 Å². The van der Waals surface area contributed by atoms with Crippen LogP contribution < -0.4 is 19.1 Å². The number of methoxy groups -OCH3 is 2. The van der Waals surface area contributed by atoms with E-state index < -0.39 is 6.09 Å². The maximum absolute atomic E-state index is 12.3. The summed E-state index contributed by atoms with van der Waals surface area (Å²) >= 11 is 1.74. The van der Waals surface area contributed by atoms with Crippen molar-refractivity contribution in [2.45, 2.75) is 51.3 Å². The molecule has 1 heterocycles. The summed E-state index contributed by atoms with van der Waals surface area (Å²) < 4.78 is 17.2. The summed E-state index contributed by atoms with van der Waals surface area (Å²) in [5, 5.41) is 10.8. The van der Waals surface area contributed by atoms with Gasteiger partial charge in [-0.3, -0.25) is 9.88 Å². The van der Waals surface area contributed by atoms with Gasteiger partial charge in [0.25, 0.3) is 0 Å². The van der Waals surface area contributed by atoms with Crippen molar-refractivity contribution in [1.82, 2.24) is 4.98 Å². The van der Waals surface area contributed by atoms with Crippen molar-refractivity contribution in [1.29, 1.82) is 0 Å². The summed E-state index contributed by atoms with van der Waals surface area (Å²) in [5.41, 5.74) is 4.52. The second kappa shape index (κ2) is 12.7. The van der Waals surface area contributed by atoms with E-state index in [0.717, 1.165) is 28.7 Å². The molecule has 0 aliphatic carbocycles. The standard InChI is InChI=1S/C33H38N2O5S/c1-21-22(2)28(40-29-15-16-34-26-20-31(39-7)30(38-6)19-25(26)29)14-13-27(21)35(32(36)37)17-8-18-41-24-11-9-23(10-12-24)33(3,4)5/h9-16,19-20H,8,17-18H2,1-7H3,(H,36,37). The van der Waals surface area contributed by atoms with E-state index in [2.05, 4.69) is 50.0 Å². The number of aromatic nitrogens is 1. The molecular formula is C33H38N2O5S. The Hall–Kier alpha value is -3.91. The molecule has 41 heavy (non-hydrogen) atoms. The first kappa shape index (κ1) is 30.1. The van der Waals surface area contributed by atoms with Crippen LogP contribution in [-0.2, 0) is 5.41 Å². The van der Waals surface area contributed by atoms with E-state index in [0.29, 0.717) is 40.7 Å². The van der Waals surface area contributed by atoms with Crippen molar-refractivity contribution in [3.8, 4) is 23.0 Å². The summed E-state index contributed by atoms with van der Waals surface area (Å²) in [6.07, 6.45) is 1.44. The zero-order chi connectivity index (χ0) is 29.7. The highest BCUT2D eigenvalue weighted by molar-refractivity contribution is 7.99. The van der Waals surface area contributed by atoms with Crippen molar-refractivity contribution >= 4 is 34.4 Å². The molecule has 0 spiro atoms. The quantitative estimate of drug-likeness (QED) is 0.150. The molecule has 0 fully saturated rings. The number of rotatable bonds is 10. The number of pyridine rings is 1. The maximum atomic E-state index is 12.3. The summed E-state index contributed by atoms with van der Waals surface area (Å²) in [6, 6.07) is 17.7. The SMILES string of the molecule is COc1cc2nccc(Oc3ccc(N(CCCSc4ccc(C(C)(C)C)cc4)C(=O)O)c(C)c3C)c2cc1OC.